The van der Waals surface area contributed by atoms with Crippen LogP contribution in [0.4, 0.5) is 0 Å². The van der Waals surface area contributed by atoms with E-state index in [4.69, 9.17) is 9.29 Å². The molecule has 5 heteroatoms. The molecule has 0 saturated carbocycles. The average molecular weight is 250 g/mol. The molecule has 0 bridgehead atoms. The van der Waals surface area contributed by atoms with Crippen molar-refractivity contribution in [3.63, 3.8) is 0 Å². The molecule has 0 aromatic heterocycles. The van der Waals surface area contributed by atoms with Crippen LogP contribution >= 0.6 is 0 Å². The van der Waals surface area contributed by atoms with E-state index >= 15 is 0 Å². The standard InChI is InChI=1S/C12H10O4S/c13-9-2-1-3-11(8-9)16-10-4-6-12(7-5-10)17(14)15/h1-8,13H,(H,14,15). The summed E-state index contributed by atoms with van der Waals surface area (Å²) in [6.45, 7) is 0. The van der Waals surface area contributed by atoms with E-state index in [2.05, 4.69) is 0 Å². The number of rotatable bonds is 3. The van der Waals surface area contributed by atoms with Crippen LogP contribution in [-0.4, -0.2) is 13.9 Å². The van der Waals surface area contributed by atoms with Crippen molar-refractivity contribution in [3.8, 4) is 17.2 Å². The van der Waals surface area contributed by atoms with Gasteiger partial charge in [-0.25, -0.2) is 4.21 Å². The Hall–Kier alpha value is -1.85. The van der Waals surface area contributed by atoms with Crippen LogP contribution in [0.2, 0.25) is 0 Å². The summed E-state index contributed by atoms with van der Waals surface area (Å²) in [6.07, 6.45) is 0. The van der Waals surface area contributed by atoms with Crippen molar-refractivity contribution in [2.45, 2.75) is 4.90 Å². The van der Waals surface area contributed by atoms with Gasteiger partial charge in [0, 0.05) is 6.07 Å². The maximum absolute atomic E-state index is 10.8. The molecular weight excluding hydrogens is 240 g/mol. The third-order valence-electron chi connectivity index (χ3n) is 2.08. The molecule has 2 aromatic rings. The van der Waals surface area contributed by atoms with Crippen LogP contribution in [0.5, 0.6) is 17.2 Å². The summed E-state index contributed by atoms with van der Waals surface area (Å²) < 4.78 is 25.0. The summed E-state index contributed by atoms with van der Waals surface area (Å²) in [6, 6.07) is 12.6. The van der Waals surface area contributed by atoms with Crippen LogP contribution in [0.3, 0.4) is 0 Å². The predicted molar refractivity (Wildman–Crippen MR) is 63.7 cm³/mol. The highest BCUT2D eigenvalue weighted by Gasteiger charge is 2.01. The zero-order chi connectivity index (χ0) is 12.3. The largest absolute Gasteiger partial charge is 0.508 e. The minimum Gasteiger partial charge on any atom is -0.508 e. The fraction of sp³-hybridized carbons (Fsp3) is 0. The lowest BCUT2D eigenvalue weighted by Crippen LogP contribution is -1.88. The monoisotopic (exact) mass is 250 g/mol. The second kappa shape index (κ2) is 4.99. The van der Waals surface area contributed by atoms with Gasteiger partial charge in [0.05, 0.1) is 4.90 Å². The van der Waals surface area contributed by atoms with Crippen LogP contribution < -0.4 is 4.74 Å². The van der Waals surface area contributed by atoms with E-state index in [0.717, 1.165) is 0 Å². The summed E-state index contributed by atoms with van der Waals surface area (Å²) in [5, 5.41) is 9.25. The average Bonchev–Trinajstić information content (AvgIpc) is 2.29. The molecule has 0 aliphatic heterocycles. The Morgan fingerprint density at radius 1 is 1.00 bits per heavy atom. The molecule has 0 amide bonds. The van der Waals surface area contributed by atoms with Gasteiger partial charge in [0.1, 0.15) is 17.2 Å². The van der Waals surface area contributed by atoms with Crippen LogP contribution in [0.25, 0.3) is 0 Å². The van der Waals surface area contributed by atoms with Gasteiger partial charge in [0.2, 0.25) is 0 Å². The fourth-order valence-electron chi connectivity index (χ4n) is 1.31. The summed E-state index contributed by atoms with van der Waals surface area (Å²) in [5.74, 6) is 1.16. The van der Waals surface area contributed by atoms with Crippen LogP contribution in [-0.2, 0) is 11.1 Å². The summed E-state index contributed by atoms with van der Waals surface area (Å²) in [7, 11) is 0. The normalized spacial score (nSPS) is 12.1. The molecule has 0 radical (unpaired) electrons. The van der Waals surface area contributed by atoms with Crippen LogP contribution in [0.1, 0.15) is 0 Å². The molecule has 4 nitrogen and oxygen atoms in total. The minimum absolute atomic E-state index is 0.121. The van der Waals surface area contributed by atoms with Gasteiger partial charge in [-0.2, -0.15) is 0 Å². The molecule has 0 saturated heterocycles. The molecule has 0 fully saturated rings. The lowest BCUT2D eigenvalue weighted by atomic mass is 10.3. The van der Waals surface area contributed by atoms with Gasteiger partial charge in [0.25, 0.3) is 0 Å². The van der Waals surface area contributed by atoms with Gasteiger partial charge in [-0.1, -0.05) is 6.07 Å². The quantitative estimate of drug-likeness (QED) is 0.822. The van der Waals surface area contributed by atoms with Crippen molar-refractivity contribution in [1.29, 1.82) is 0 Å². The number of hydrogen-bond acceptors (Lipinski definition) is 3. The lowest BCUT2D eigenvalue weighted by Gasteiger charge is -2.06. The molecule has 88 valence electrons. The Balaban J connectivity index is 2.16. The van der Waals surface area contributed by atoms with Gasteiger partial charge in [0.15, 0.2) is 11.1 Å². The van der Waals surface area contributed by atoms with E-state index in [1.807, 2.05) is 0 Å². The Bertz CT molecular complexity index is 536. The summed E-state index contributed by atoms with van der Waals surface area (Å²) in [5.41, 5.74) is 0. The highest BCUT2D eigenvalue weighted by atomic mass is 32.2. The van der Waals surface area contributed by atoms with Crippen molar-refractivity contribution >= 4 is 11.1 Å². The summed E-state index contributed by atoms with van der Waals surface area (Å²) >= 11 is -1.98. The minimum atomic E-state index is -1.98. The second-order valence-electron chi connectivity index (χ2n) is 3.32. The Morgan fingerprint density at radius 3 is 2.29 bits per heavy atom. The molecule has 0 aliphatic rings. The molecule has 2 N–H and O–H groups in total. The molecular formula is C12H10O4S. The molecule has 0 spiro atoms. The highest BCUT2D eigenvalue weighted by Crippen LogP contribution is 2.24. The third kappa shape index (κ3) is 3.05. The topological polar surface area (TPSA) is 66.8 Å². The van der Waals surface area contributed by atoms with E-state index in [1.54, 1.807) is 30.3 Å². The molecule has 2 rings (SSSR count). The van der Waals surface area contributed by atoms with Gasteiger partial charge >= 0.3 is 0 Å². The van der Waals surface area contributed by atoms with Crippen molar-refractivity contribution in [2.75, 3.05) is 0 Å². The maximum Gasteiger partial charge on any atom is 0.186 e. The molecule has 1 unspecified atom stereocenters. The van der Waals surface area contributed by atoms with Crippen molar-refractivity contribution in [3.05, 3.63) is 48.5 Å². The van der Waals surface area contributed by atoms with Crippen LogP contribution in [0, 0.1) is 0 Å². The van der Waals surface area contributed by atoms with Gasteiger partial charge < -0.3 is 14.4 Å². The zero-order valence-corrected chi connectivity index (χ0v) is 9.55. The zero-order valence-electron chi connectivity index (χ0n) is 8.74. The first-order valence-electron chi connectivity index (χ1n) is 4.83. The first kappa shape index (κ1) is 11.6. The fourth-order valence-corrected chi connectivity index (χ4v) is 1.68. The molecule has 1 atom stereocenters. The number of phenolic OH excluding ortho intramolecular Hbond substituents is 1. The number of hydrogen-bond donors (Lipinski definition) is 2. The smallest absolute Gasteiger partial charge is 0.186 e. The van der Waals surface area contributed by atoms with Crippen molar-refractivity contribution < 1.29 is 18.6 Å². The molecule has 2 aromatic carbocycles. The third-order valence-corrected chi connectivity index (χ3v) is 2.75. The van der Waals surface area contributed by atoms with Crippen LogP contribution in [0.15, 0.2) is 53.4 Å². The van der Waals surface area contributed by atoms with Crippen molar-refractivity contribution in [1.82, 2.24) is 0 Å². The number of benzene rings is 2. The maximum atomic E-state index is 10.8. The molecule has 0 aliphatic carbocycles. The Kier molecular flexibility index (Phi) is 3.41. The number of phenols is 1. The first-order valence-corrected chi connectivity index (χ1v) is 5.93. The summed E-state index contributed by atoms with van der Waals surface area (Å²) in [4.78, 5) is 0.313. The Morgan fingerprint density at radius 2 is 1.71 bits per heavy atom. The van der Waals surface area contributed by atoms with Gasteiger partial charge in [-0.05, 0) is 36.4 Å². The van der Waals surface area contributed by atoms with E-state index in [1.165, 1.54) is 18.2 Å². The first-order chi connectivity index (χ1) is 8.15. The SMILES string of the molecule is O=S(O)c1ccc(Oc2cccc(O)c2)cc1. The lowest BCUT2D eigenvalue weighted by molar-refractivity contribution is 0.455. The second-order valence-corrected chi connectivity index (χ2v) is 4.29. The molecule has 0 heterocycles. The van der Waals surface area contributed by atoms with Gasteiger partial charge in [-0.3, -0.25) is 0 Å². The van der Waals surface area contributed by atoms with Gasteiger partial charge in [-0.15, -0.1) is 0 Å². The Labute approximate surface area is 101 Å². The van der Waals surface area contributed by atoms with E-state index < -0.39 is 11.1 Å². The predicted octanol–water partition coefficient (Wildman–Crippen LogP) is 2.77. The van der Waals surface area contributed by atoms with Crippen molar-refractivity contribution in [2.24, 2.45) is 0 Å². The highest BCUT2D eigenvalue weighted by molar-refractivity contribution is 7.79. The molecule has 17 heavy (non-hydrogen) atoms. The van der Waals surface area contributed by atoms with E-state index in [-0.39, 0.29) is 5.75 Å². The number of ether oxygens (including phenoxy) is 1. The van der Waals surface area contributed by atoms with E-state index in [0.29, 0.717) is 16.4 Å². The van der Waals surface area contributed by atoms with E-state index in [9.17, 15) is 9.32 Å². The number of aromatic hydroxyl groups is 1.